The van der Waals surface area contributed by atoms with Gasteiger partial charge < -0.3 is 0 Å². The van der Waals surface area contributed by atoms with E-state index in [-0.39, 0.29) is 4.90 Å². The summed E-state index contributed by atoms with van der Waals surface area (Å²) in [6.07, 6.45) is 27.1. The van der Waals surface area contributed by atoms with Crippen LogP contribution in [0, 0.1) is 0 Å². The van der Waals surface area contributed by atoms with E-state index >= 15 is 0 Å². The van der Waals surface area contributed by atoms with Crippen LogP contribution in [-0.2, 0) is 23.0 Å². The Morgan fingerprint density at radius 2 is 0.975 bits per heavy atom. The molecule has 0 fully saturated rings. The summed E-state index contributed by atoms with van der Waals surface area (Å²) in [5, 5.41) is 0. The second-order valence-electron chi connectivity index (χ2n) is 12.2. The molecule has 1 aliphatic carbocycles. The Bertz CT molecular complexity index is 1120. The summed E-state index contributed by atoms with van der Waals surface area (Å²) in [6.45, 7) is 4.52. The first-order valence-electron chi connectivity index (χ1n) is 16.7. The predicted molar refractivity (Wildman–Crippen MR) is 172 cm³/mol. The fourth-order valence-electron chi connectivity index (χ4n) is 6.48. The molecule has 3 rings (SSSR count). The molecule has 1 aliphatic rings. The largest absolute Gasteiger partial charge is 0.295 e. The van der Waals surface area contributed by atoms with Gasteiger partial charge in [0, 0.05) is 5.56 Å². The molecule has 4 heteroatoms. The van der Waals surface area contributed by atoms with Crippen LogP contribution < -0.4 is 0 Å². The van der Waals surface area contributed by atoms with Gasteiger partial charge in [-0.1, -0.05) is 160 Å². The lowest BCUT2D eigenvalue weighted by Gasteiger charge is -2.29. The Hall–Kier alpha value is -1.65. The average Bonchev–Trinajstić information content (AvgIpc) is 2.93. The molecule has 224 valence electrons. The third-order valence-electron chi connectivity index (χ3n) is 8.80. The van der Waals surface area contributed by atoms with Crippen molar-refractivity contribution in [2.45, 2.75) is 160 Å². The molecule has 1 N–H and O–H groups in total. The number of benzene rings is 2. The van der Waals surface area contributed by atoms with Gasteiger partial charge in [0.2, 0.25) is 0 Å². The minimum absolute atomic E-state index is 0.196. The Labute approximate surface area is 246 Å². The van der Waals surface area contributed by atoms with Crippen LogP contribution in [0.5, 0.6) is 0 Å². The molecule has 0 atom stereocenters. The van der Waals surface area contributed by atoms with E-state index in [2.05, 4.69) is 26.0 Å². The highest BCUT2D eigenvalue weighted by molar-refractivity contribution is 7.86. The number of aryl methyl sites for hydroxylation is 1. The summed E-state index contributed by atoms with van der Waals surface area (Å²) < 4.78 is 36.0. The van der Waals surface area contributed by atoms with E-state index in [0.29, 0.717) is 0 Å². The summed E-state index contributed by atoms with van der Waals surface area (Å²) in [5.41, 5.74) is 5.82. The highest BCUT2D eigenvalue weighted by Gasteiger charge is 2.33. The van der Waals surface area contributed by atoms with Gasteiger partial charge in [-0.05, 0) is 53.5 Å². The summed E-state index contributed by atoms with van der Waals surface area (Å²) in [6, 6.07) is 10.3. The first-order chi connectivity index (χ1) is 19.5. The molecule has 0 spiro atoms. The lowest BCUT2D eigenvalue weighted by Crippen LogP contribution is -2.14. The summed E-state index contributed by atoms with van der Waals surface area (Å²) in [4.78, 5) is 0.196. The Balaban J connectivity index is 1.59. The van der Waals surface area contributed by atoms with Crippen molar-refractivity contribution < 1.29 is 13.0 Å². The Kier molecular flexibility index (Phi) is 14.8. The van der Waals surface area contributed by atoms with Crippen LogP contribution in [-0.4, -0.2) is 13.0 Å². The second kappa shape index (κ2) is 18.0. The van der Waals surface area contributed by atoms with Crippen LogP contribution in [0.1, 0.15) is 153 Å². The molecule has 2 aromatic carbocycles. The minimum Gasteiger partial charge on any atom is -0.282 e. The molecular weight excluding hydrogens is 512 g/mol. The van der Waals surface area contributed by atoms with Crippen molar-refractivity contribution in [3.63, 3.8) is 0 Å². The molecule has 0 radical (unpaired) electrons. The van der Waals surface area contributed by atoms with Crippen LogP contribution in [0.15, 0.2) is 35.2 Å². The van der Waals surface area contributed by atoms with Crippen LogP contribution in [0.4, 0.5) is 0 Å². The van der Waals surface area contributed by atoms with Crippen molar-refractivity contribution in [3.05, 3.63) is 41.5 Å². The third-order valence-corrected chi connectivity index (χ3v) is 9.77. The SMILES string of the molecule is CCCCCCCCCCCCc1cc2c(c(S(=O)(=O)O)c1CCCCCCCCCCCC)-c1ccccc1-2. The average molecular weight is 569 g/mol. The van der Waals surface area contributed by atoms with Crippen molar-refractivity contribution in [3.8, 4) is 22.3 Å². The maximum Gasteiger partial charge on any atom is 0.295 e. The highest BCUT2D eigenvalue weighted by atomic mass is 32.2. The number of hydrogen-bond donors (Lipinski definition) is 1. The van der Waals surface area contributed by atoms with Gasteiger partial charge >= 0.3 is 0 Å². The van der Waals surface area contributed by atoms with E-state index in [1.54, 1.807) is 0 Å². The smallest absolute Gasteiger partial charge is 0.282 e. The zero-order valence-electron chi connectivity index (χ0n) is 25.6. The molecule has 0 unspecified atom stereocenters. The molecule has 40 heavy (non-hydrogen) atoms. The molecule has 0 saturated heterocycles. The topological polar surface area (TPSA) is 54.4 Å². The molecule has 0 bridgehead atoms. The van der Waals surface area contributed by atoms with Crippen LogP contribution in [0.3, 0.4) is 0 Å². The van der Waals surface area contributed by atoms with Crippen LogP contribution in [0.2, 0.25) is 0 Å². The zero-order chi connectivity index (χ0) is 28.6. The van der Waals surface area contributed by atoms with E-state index in [1.807, 2.05) is 18.2 Å². The normalized spacial score (nSPS) is 12.3. The molecular formula is C36H56O3S. The maximum absolute atomic E-state index is 12.8. The second-order valence-corrected chi connectivity index (χ2v) is 13.5. The molecule has 0 aliphatic heterocycles. The van der Waals surface area contributed by atoms with Gasteiger partial charge in [0.1, 0.15) is 4.90 Å². The van der Waals surface area contributed by atoms with E-state index in [4.69, 9.17) is 0 Å². The van der Waals surface area contributed by atoms with Crippen molar-refractivity contribution in [1.29, 1.82) is 0 Å². The minimum atomic E-state index is -4.32. The number of rotatable bonds is 23. The third kappa shape index (κ3) is 10.0. The first kappa shape index (κ1) is 32.9. The molecule has 3 nitrogen and oxygen atoms in total. The summed E-state index contributed by atoms with van der Waals surface area (Å²) in [5.74, 6) is 0. The lowest BCUT2D eigenvalue weighted by molar-refractivity contribution is 0.481. The molecule has 0 heterocycles. The fourth-order valence-corrected chi connectivity index (χ4v) is 7.50. The predicted octanol–water partition coefficient (Wildman–Crippen LogP) is 11.5. The number of hydrogen-bond acceptors (Lipinski definition) is 2. The standard InChI is InChI=1S/C36H56O3S/c1-3-5-7-9-11-13-15-17-19-21-25-30-29-34-32-27-23-24-28-33(32)35(34)36(40(37,38)39)31(30)26-22-20-18-16-14-12-10-8-6-4-2/h23-24,27-29H,3-22,25-26H2,1-2H3,(H,37,38,39). The van der Waals surface area contributed by atoms with Gasteiger partial charge in [-0.3, -0.25) is 4.55 Å². The fraction of sp³-hybridized carbons (Fsp3) is 0.667. The van der Waals surface area contributed by atoms with Crippen LogP contribution >= 0.6 is 0 Å². The Morgan fingerprint density at radius 1 is 0.550 bits per heavy atom. The van der Waals surface area contributed by atoms with Crippen molar-refractivity contribution in [2.75, 3.05) is 0 Å². The molecule has 2 aromatic rings. The van der Waals surface area contributed by atoms with Crippen molar-refractivity contribution >= 4 is 10.1 Å². The molecule has 0 amide bonds. The van der Waals surface area contributed by atoms with Crippen molar-refractivity contribution in [1.82, 2.24) is 0 Å². The van der Waals surface area contributed by atoms with E-state index < -0.39 is 10.1 Å². The lowest BCUT2D eigenvalue weighted by atomic mass is 9.77. The Morgan fingerprint density at radius 3 is 1.45 bits per heavy atom. The summed E-state index contributed by atoms with van der Waals surface area (Å²) in [7, 11) is -4.32. The van der Waals surface area contributed by atoms with Gasteiger partial charge in [-0.2, -0.15) is 8.42 Å². The highest BCUT2D eigenvalue weighted by Crippen LogP contribution is 2.52. The molecule has 0 aromatic heterocycles. The van der Waals surface area contributed by atoms with Gasteiger partial charge in [-0.15, -0.1) is 0 Å². The van der Waals surface area contributed by atoms with Gasteiger partial charge in [-0.25, -0.2) is 0 Å². The van der Waals surface area contributed by atoms with E-state index in [9.17, 15) is 13.0 Å². The zero-order valence-corrected chi connectivity index (χ0v) is 26.4. The van der Waals surface area contributed by atoms with E-state index in [1.165, 1.54) is 109 Å². The quantitative estimate of drug-likeness (QED) is 0.0914. The van der Waals surface area contributed by atoms with Gasteiger partial charge in [0.25, 0.3) is 10.1 Å². The monoisotopic (exact) mass is 568 g/mol. The van der Waals surface area contributed by atoms with Crippen molar-refractivity contribution in [2.24, 2.45) is 0 Å². The van der Waals surface area contributed by atoms with Gasteiger partial charge in [0.05, 0.1) is 0 Å². The number of fused-ring (bicyclic) bond motifs is 4. The maximum atomic E-state index is 12.8. The van der Waals surface area contributed by atoms with E-state index in [0.717, 1.165) is 65.5 Å². The van der Waals surface area contributed by atoms with Gasteiger partial charge in [0.15, 0.2) is 0 Å². The number of unbranched alkanes of at least 4 members (excludes halogenated alkanes) is 18. The first-order valence-corrected chi connectivity index (χ1v) is 18.2. The van der Waals surface area contributed by atoms with Crippen LogP contribution in [0.25, 0.3) is 22.3 Å². The molecule has 0 saturated carbocycles. The summed E-state index contributed by atoms with van der Waals surface area (Å²) >= 11 is 0.